The van der Waals surface area contributed by atoms with E-state index in [1.54, 1.807) is 43.9 Å². The number of carbonyl (C=O) groups excluding carboxylic acids is 3. The Morgan fingerprint density at radius 1 is 1.17 bits per heavy atom. The van der Waals surface area contributed by atoms with Gasteiger partial charge in [-0.05, 0) is 59.0 Å². The van der Waals surface area contributed by atoms with Gasteiger partial charge in [-0.1, -0.05) is 17.7 Å². The van der Waals surface area contributed by atoms with E-state index in [0.717, 1.165) is 17.0 Å². The van der Waals surface area contributed by atoms with Gasteiger partial charge in [0.2, 0.25) is 11.8 Å². The van der Waals surface area contributed by atoms with Crippen LogP contribution in [0.1, 0.15) is 38.4 Å². The SMILES string of the molecule is Cc1cc(C(F)(F)F)cc(N2C(=O)C[C@@H]3CN(C[C@H](O)CN(C)C4CN(C(=O)OC(C)(C)C)C4)c4c(Cl)cccc4N(C)C(=O)[C@H]32)n1. The normalized spacial score (nSPS) is 21.4. The number of aliphatic hydroxyl groups is 1. The standard InChI is InChI=1S/C32H40ClF3N6O5/c1-18-10-20(32(34,35)36)12-25(37-18)42-26(44)11-19-13-40(28-23(33)8-7-9-24(28)39(6)29(45)27(19)42)17-22(43)16-38(5)21-14-41(15-21)30(46)47-31(2,3)4/h7-10,12,19,21-22,27,43H,11,13-17H2,1-6H3/t19-,22-,27+/m1/s1. The summed E-state index contributed by atoms with van der Waals surface area (Å²) in [6, 6.07) is 5.61. The Labute approximate surface area is 276 Å². The van der Waals surface area contributed by atoms with Gasteiger partial charge in [0.05, 0.1) is 28.1 Å². The second kappa shape index (κ2) is 12.8. The summed E-state index contributed by atoms with van der Waals surface area (Å²) in [6.45, 7) is 8.18. The molecule has 0 unspecified atom stereocenters. The summed E-state index contributed by atoms with van der Waals surface area (Å²) in [5.41, 5.74) is -0.571. The molecule has 2 saturated heterocycles. The number of benzene rings is 1. The summed E-state index contributed by atoms with van der Waals surface area (Å²) in [5.74, 6) is -1.89. The minimum atomic E-state index is -4.67. The van der Waals surface area contributed by atoms with E-state index in [0.29, 0.717) is 29.5 Å². The summed E-state index contributed by atoms with van der Waals surface area (Å²) in [6.07, 6.45) is -6.08. The number of carbonyl (C=O) groups is 3. The smallest absolute Gasteiger partial charge is 0.416 e. The summed E-state index contributed by atoms with van der Waals surface area (Å²) >= 11 is 6.70. The molecule has 15 heteroatoms. The van der Waals surface area contributed by atoms with Crippen molar-refractivity contribution >= 4 is 46.7 Å². The van der Waals surface area contributed by atoms with E-state index in [2.05, 4.69) is 4.98 Å². The lowest BCUT2D eigenvalue weighted by atomic mass is 9.95. The van der Waals surface area contributed by atoms with E-state index >= 15 is 0 Å². The van der Waals surface area contributed by atoms with Crippen LogP contribution in [0.5, 0.6) is 0 Å². The maximum Gasteiger partial charge on any atom is 0.416 e. The number of likely N-dealkylation sites (tertiary alicyclic amines) is 1. The van der Waals surface area contributed by atoms with Crippen molar-refractivity contribution in [3.63, 3.8) is 0 Å². The summed E-state index contributed by atoms with van der Waals surface area (Å²) in [4.78, 5) is 51.9. The molecule has 0 spiro atoms. The van der Waals surface area contributed by atoms with Crippen molar-refractivity contribution in [2.45, 2.75) is 64.1 Å². The zero-order chi connectivity index (χ0) is 34.6. The highest BCUT2D eigenvalue weighted by Crippen LogP contribution is 2.43. The number of rotatable bonds is 6. The van der Waals surface area contributed by atoms with Gasteiger partial charge in [-0.15, -0.1) is 0 Å². The van der Waals surface area contributed by atoms with E-state index < -0.39 is 53.3 Å². The number of ether oxygens (including phenoxy) is 1. The number of halogens is 4. The van der Waals surface area contributed by atoms with Crippen LogP contribution in [-0.2, 0) is 20.5 Å². The van der Waals surface area contributed by atoms with Crippen LogP contribution in [0.4, 0.5) is 35.2 Å². The Bertz CT molecular complexity index is 1550. The molecule has 0 aliphatic carbocycles. The number of pyridine rings is 1. The van der Waals surface area contributed by atoms with E-state index in [-0.39, 0.29) is 43.6 Å². The van der Waals surface area contributed by atoms with Crippen LogP contribution in [0.15, 0.2) is 30.3 Å². The van der Waals surface area contributed by atoms with Crippen LogP contribution >= 0.6 is 11.6 Å². The van der Waals surface area contributed by atoms with Gasteiger partial charge in [0.1, 0.15) is 17.5 Å². The molecular formula is C32H40ClF3N6O5. The van der Waals surface area contributed by atoms with E-state index in [9.17, 15) is 32.7 Å². The molecule has 3 aliphatic rings. The van der Waals surface area contributed by atoms with Crippen molar-refractivity contribution in [1.29, 1.82) is 0 Å². The third-order valence-electron chi connectivity index (χ3n) is 8.69. The number of anilines is 3. The number of alkyl halides is 3. The number of hydrogen-bond acceptors (Lipinski definition) is 8. The number of likely N-dealkylation sites (N-methyl/N-ethyl adjacent to an activating group) is 2. The third-order valence-corrected chi connectivity index (χ3v) is 9.00. The molecule has 3 amide bonds. The second-order valence-electron chi connectivity index (χ2n) is 13.6. The Balaban J connectivity index is 1.38. The predicted octanol–water partition coefficient (Wildman–Crippen LogP) is 4.18. The molecular weight excluding hydrogens is 641 g/mol. The Morgan fingerprint density at radius 2 is 1.85 bits per heavy atom. The molecule has 256 valence electrons. The second-order valence-corrected chi connectivity index (χ2v) is 14.0. The highest BCUT2D eigenvalue weighted by Gasteiger charge is 2.49. The van der Waals surface area contributed by atoms with Gasteiger partial charge in [0.25, 0.3) is 0 Å². The van der Waals surface area contributed by atoms with Crippen LogP contribution in [0.3, 0.4) is 0 Å². The largest absolute Gasteiger partial charge is 0.444 e. The summed E-state index contributed by atoms with van der Waals surface area (Å²) < 4.78 is 46.5. The monoisotopic (exact) mass is 680 g/mol. The number of fused-ring (bicyclic) bond motifs is 2. The molecule has 1 N–H and O–H groups in total. The van der Waals surface area contributed by atoms with Gasteiger partial charge in [-0.3, -0.25) is 19.4 Å². The molecule has 1 aromatic heterocycles. The summed E-state index contributed by atoms with van der Waals surface area (Å²) in [7, 11) is 3.38. The Hall–Kier alpha value is -3.62. The topological polar surface area (TPSA) is 110 Å². The van der Waals surface area contributed by atoms with Gasteiger partial charge in [0.15, 0.2) is 0 Å². The summed E-state index contributed by atoms with van der Waals surface area (Å²) in [5, 5.41) is 11.7. The molecule has 2 fully saturated rings. The maximum atomic E-state index is 14.0. The number of amides is 3. The first kappa shape index (κ1) is 34.7. The van der Waals surface area contributed by atoms with Gasteiger partial charge >= 0.3 is 12.3 Å². The number of nitrogens with zero attached hydrogens (tertiary/aromatic N) is 6. The van der Waals surface area contributed by atoms with E-state index in [4.69, 9.17) is 16.3 Å². The zero-order valence-electron chi connectivity index (χ0n) is 27.2. The van der Waals surface area contributed by atoms with Crippen molar-refractivity contribution < 1.29 is 37.4 Å². The van der Waals surface area contributed by atoms with Crippen molar-refractivity contribution in [2.24, 2.45) is 5.92 Å². The molecule has 5 rings (SSSR count). The van der Waals surface area contributed by atoms with Crippen molar-refractivity contribution in [2.75, 3.05) is 61.5 Å². The van der Waals surface area contributed by atoms with Crippen molar-refractivity contribution in [1.82, 2.24) is 14.8 Å². The number of aliphatic hydroxyl groups excluding tert-OH is 1. The molecule has 0 radical (unpaired) electrons. The molecule has 0 saturated carbocycles. The third kappa shape index (κ3) is 7.29. The fraction of sp³-hybridized carbons (Fsp3) is 0.562. The maximum absolute atomic E-state index is 14.0. The van der Waals surface area contributed by atoms with Gasteiger partial charge in [0, 0.05) is 63.8 Å². The van der Waals surface area contributed by atoms with Gasteiger partial charge < -0.3 is 24.5 Å². The highest BCUT2D eigenvalue weighted by atomic mass is 35.5. The molecule has 11 nitrogen and oxygen atoms in total. The Morgan fingerprint density at radius 3 is 2.49 bits per heavy atom. The van der Waals surface area contributed by atoms with E-state index in [1.807, 2.05) is 16.8 Å². The Kier molecular flexibility index (Phi) is 9.43. The number of para-hydroxylation sites is 1. The first-order valence-corrected chi connectivity index (χ1v) is 15.8. The van der Waals surface area contributed by atoms with E-state index in [1.165, 1.54) is 18.9 Å². The van der Waals surface area contributed by atoms with Gasteiger partial charge in [-0.2, -0.15) is 13.2 Å². The first-order valence-electron chi connectivity index (χ1n) is 15.4. The van der Waals surface area contributed by atoms with Gasteiger partial charge in [-0.25, -0.2) is 9.78 Å². The number of aromatic nitrogens is 1. The molecule has 3 aliphatic heterocycles. The predicted molar refractivity (Wildman–Crippen MR) is 171 cm³/mol. The minimum absolute atomic E-state index is 0.0120. The first-order chi connectivity index (χ1) is 21.8. The average molecular weight is 681 g/mol. The fourth-order valence-electron chi connectivity index (χ4n) is 6.43. The average Bonchev–Trinajstić information content (AvgIpc) is 3.23. The lowest BCUT2D eigenvalue weighted by Crippen LogP contribution is -2.62. The molecule has 0 bridgehead atoms. The fourth-order valence-corrected chi connectivity index (χ4v) is 6.72. The number of aryl methyl sites for hydroxylation is 1. The number of β-amino-alcohol motifs (C(OH)–C–C–N with tert-alkyl or cyclic N) is 1. The van der Waals surface area contributed by atoms with Crippen LogP contribution < -0.4 is 14.7 Å². The van der Waals surface area contributed by atoms with Crippen molar-refractivity contribution in [3.8, 4) is 0 Å². The molecule has 1 aromatic carbocycles. The quantitative estimate of drug-likeness (QED) is 0.484. The van der Waals surface area contributed by atoms with Crippen LogP contribution in [0.25, 0.3) is 0 Å². The molecule has 47 heavy (non-hydrogen) atoms. The highest BCUT2D eigenvalue weighted by molar-refractivity contribution is 6.34. The lowest BCUT2D eigenvalue weighted by molar-refractivity contribution is -0.137. The van der Waals surface area contributed by atoms with Crippen LogP contribution in [0, 0.1) is 12.8 Å². The molecule has 3 atom stereocenters. The van der Waals surface area contributed by atoms with Crippen LogP contribution in [-0.4, -0.2) is 108 Å². The minimum Gasteiger partial charge on any atom is -0.444 e. The lowest BCUT2D eigenvalue weighted by Gasteiger charge is -2.45. The molecule has 2 aromatic rings. The van der Waals surface area contributed by atoms with Crippen LogP contribution in [0.2, 0.25) is 5.02 Å². The van der Waals surface area contributed by atoms with Crippen molar-refractivity contribution in [3.05, 3.63) is 46.6 Å². The molecule has 4 heterocycles. The number of hydrogen-bond donors (Lipinski definition) is 1. The zero-order valence-corrected chi connectivity index (χ0v) is 28.0.